The second-order valence-electron chi connectivity index (χ2n) is 7.52. The molecule has 0 saturated heterocycles. The molecule has 0 unspecified atom stereocenters. The van der Waals surface area contributed by atoms with Crippen LogP contribution >= 0.6 is 0 Å². The summed E-state index contributed by atoms with van der Waals surface area (Å²) in [6.45, 7) is 0. The lowest BCUT2D eigenvalue weighted by Crippen LogP contribution is -1.98. The second kappa shape index (κ2) is 6.19. The van der Waals surface area contributed by atoms with E-state index >= 15 is 0 Å². The van der Waals surface area contributed by atoms with Gasteiger partial charge < -0.3 is 9.52 Å². The quantitative estimate of drug-likeness (QED) is 0.322. The first-order chi connectivity index (χ1) is 14.7. The molecule has 0 fully saturated rings. The summed E-state index contributed by atoms with van der Waals surface area (Å²) < 4.78 is 6.32. The summed E-state index contributed by atoms with van der Waals surface area (Å²) >= 11 is 0. The maximum Gasteiger partial charge on any atom is 0.186 e. The first kappa shape index (κ1) is 16.8. The molecule has 3 nitrogen and oxygen atoms in total. The molecule has 0 aliphatic carbocycles. The Morgan fingerprint density at radius 1 is 0.600 bits per heavy atom. The third-order valence-corrected chi connectivity index (χ3v) is 5.72. The van der Waals surface area contributed by atoms with Gasteiger partial charge in [0.25, 0.3) is 0 Å². The highest BCUT2D eigenvalue weighted by molar-refractivity contribution is 6.14. The van der Waals surface area contributed by atoms with Crippen LogP contribution in [0, 0.1) is 0 Å². The van der Waals surface area contributed by atoms with Crippen LogP contribution in [0.1, 0.15) is 0 Å². The van der Waals surface area contributed by atoms with E-state index in [-0.39, 0.29) is 11.2 Å². The third kappa shape index (κ3) is 2.42. The summed E-state index contributed by atoms with van der Waals surface area (Å²) in [4.78, 5) is 12.5. The first-order valence-electron chi connectivity index (χ1n) is 9.79. The van der Waals surface area contributed by atoms with Gasteiger partial charge in [-0.3, -0.25) is 4.79 Å². The van der Waals surface area contributed by atoms with Crippen LogP contribution in [-0.2, 0) is 0 Å². The van der Waals surface area contributed by atoms with E-state index in [1.54, 1.807) is 18.2 Å². The van der Waals surface area contributed by atoms with Crippen LogP contribution in [0.15, 0.2) is 100 Å². The first-order valence-corrected chi connectivity index (χ1v) is 9.79. The highest BCUT2D eigenvalue weighted by Gasteiger charge is 2.15. The van der Waals surface area contributed by atoms with Crippen molar-refractivity contribution >= 4 is 43.5 Å². The van der Waals surface area contributed by atoms with Crippen LogP contribution < -0.4 is 5.43 Å². The standard InChI is InChI=1S/C27H16O3/c28-23-10-4-8-17-12-25-21(14-19(17)23)27(16-6-2-1-3-7-16)22-15-20-18(13-26(22)30-25)9-5-11-24(20)29/h1-15,28H. The fourth-order valence-corrected chi connectivity index (χ4v) is 4.30. The van der Waals surface area contributed by atoms with Gasteiger partial charge >= 0.3 is 0 Å². The van der Waals surface area contributed by atoms with E-state index < -0.39 is 0 Å². The predicted molar refractivity (Wildman–Crippen MR) is 122 cm³/mol. The van der Waals surface area contributed by atoms with Crippen molar-refractivity contribution in [1.82, 2.24) is 0 Å². The fraction of sp³-hybridized carbons (Fsp3) is 0. The van der Waals surface area contributed by atoms with Gasteiger partial charge in [-0.15, -0.1) is 0 Å². The molecule has 5 aromatic carbocycles. The van der Waals surface area contributed by atoms with Gasteiger partial charge in [0.2, 0.25) is 0 Å². The van der Waals surface area contributed by atoms with E-state index in [4.69, 9.17) is 4.42 Å². The fourth-order valence-electron chi connectivity index (χ4n) is 4.30. The minimum atomic E-state index is -0.00957. The van der Waals surface area contributed by atoms with Crippen molar-refractivity contribution < 1.29 is 9.52 Å². The lowest BCUT2D eigenvalue weighted by Gasteiger charge is -2.13. The molecule has 0 saturated carbocycles. The van der Waals surface area contributed by atoms with Crippen molar-refractivity contribution in [2.45, 2.75) is 0 Å². The Balaban J connectivity index is 1.88. The van der Waals surface area contributed by atoms with Crippen LogP contribution in [0.2, 0.25) is 0 Å². The van der Waals surface area contributed by atoms with Gasteiger partial charge in [-0.25, -0.2) is 0 Å². The second-order valence-corrected chi connectivity index (χ2v) is 7.52. The van der Waals surface area contributed by atoms with Gasteiger partial charge in [-0.1, -0.05) is 54.6 Å². The molecule has 1 N–H and O–H groups in total. The summed E-state index contributed by atoms with van der Waals surface area (Å²) in [6, 6.07) is 28.6. The Morgan fingerprint density at radius 2 is 1.23 bits per heavy atom. The normalized spacial score (nSPS) is 11.6. The Bertz CT molecular complexity index is 1660. The van der Waals surface area contributed by atoms with Crippen molar-refractivity contribution in [2.24, 2.45) is 0 Å². The summed E-state index contributed by atoms with van der Waals surface area (Å²) in [6.07, 6.45) is 0. The van der Waals surface area contributed by atoms with Crippen LogP contribution in [0.5, 0.6) is 5.75 Å². The lowest BCUT2D eigenvalue weighted by atomic mass is 9.94. The molecule has 0 aliphatic heterocycles. The molecule has 0 aliphatic rings. The number of hydrogen-bond donors (Lipinski definition) is 1. The zero-order valence-electron chi connectivity index (χ0n) is 15.9. The Kier molecular flexibility index (Phi) is 3.47. The van der Waals surface area contributed by atoms with Crippen LogP contribution in [0.25, 0.3) is 54.6 Å². The van der Waals surface area contributed by atoms with Crippen LogP contribution in [-0.4, -0.2) is 5.11 Å². The Labute approximate surface area is 171 Å². The van der Waals surface area contributed by atoms with E-state index in [0.717, 1.165) is 49.2 Å². The molecule has 1 aromatic heterocycles. The summed E-state index contributed by atoms with van der Waals surface area (Å²) in [5, 5.41) is 15.4. The molecule has 6 rings (SSSR count). The van der Waals surface area contributed by atoms with E-state index in [1.807, 2.05) is 60.7 Å². The monoisotopic (exact) mass is 388 g/mol. The number of benzene rings is 5. The molecule has 0 bridgehead atoms. The Morgan fingerprint density at radius 3 is 1.97 bits per heavy atom. The molecule has 142 valence electrons. The predicted octanol–water partition coefficient (Wildman–Crippen LogP) is 6.63. The number of hydrogen-bond acceptors (Lipinski definition) is 3. The van der Waals surface area contributed by atoms with Crippen molar-refractivity contribution in [1.29, 1.82) is 0 Å². The van der Waals surface area contributed by atoms with Gasteiger partial charge in [0.15, 0.2) is 5.43 Å². The number of rotatable bonds is 1. The van der Waals surface area contributed by atoms with E-state index in [2.05, 4.69) is 12.1 Å². The number of aromatic hydroxyl groups is 1. The van der Waals surface area contributed by atoms with Gasteiger partial charge in [-0.2, -0.15) is 0 Å². The molecule has 1 heterocycles. The molecule has 30 heavy (non-hydrogen) atoms. The third-order valence-electron chi connectivity index (χ3n) is 5.72. The van der Waals surface area contributed by atoms with Crippen LogP contribution in [0.3, 0.4) is 0 Å². The highest BCUT2D eigenvalue weighted by Crippen LogP contribution is 2.40. The van der Waals surface area contributed by atoms with Gasteiger partial charge in [0, 0.05) is 27.1 Å². The molecule has 3 heteroatoms. The summed E-state index contributed by atoms with van der Waals surface area (Å²) in [5.74, 6) is 0.230. The maximum atomic E-state index is 12.5. The number of phenols is 1. The van der Waals surface area contributed by atoms with Gasteiger partial charge in [0.1, 0.15) is 16.9 Å². The summed E-state index contributed by atoms with van der Waals surface area (Å²) in [7, 11) is 0. The zero-order chi connectivity index (χ0) is 20.2. The molecule has 0 atom stereocenters. The van der Waals surface area contributed by atoms with Crippen molar-refractivity contribution in [3.8, 4) is 16.9 Å². The topological polar surface area (TPSA) is 50.4 Å². The Hall–Kier alpha value is -4.11. The molecule has 0 radical (unpaired) electrons. The smallest absolute Gasteiger partial charge is 0.186 e. The number of phenolic OH excluding ortho intramolecular Hbond substituents is 1. The van der Waals surface area contributed by atoms with Crippen molar-refractivity contribution in [3.05, 3.63) is 101 Å². The van der Waals surface area contributed by atoms with Crippen LogP contribution in [0.4, 0.5) is 0 Å². The SMILES string of the molecule is O=c1cccc2cc3oc4cc5cccc(O)c5cc4c(-c4ccccc4)c3cc12. The van der Waals surface area contributed by atoms with E-state index in [9.17, 15) is 9.90 Å². The minimum absolute atomic E-state index is 0.00957. The van der Waals surface area contributed by atoms with Gasteiger partial charge in [0.05, 0.1) is 0 Å². The average Bonchev–Trinajstić information content (AvgIpc) is 2.76. The van der Waals surface area contributed by atoms with Gasteiger partial charge in [-0.05, 0) is 52.7 Å². The largest absolute Gasteiger partial charge is 0.507 e. The number of fused-ring (bicyclic) bond motifs is 4. The lowest BCUT2D eigenvalue weighted by molar-refractivity contribution is 0.481. The molecule has 6 aromatic rings. The van der Waals surface area contributed by atoms with Crippen molar-refractivity contribution in [3.63, 3.8) is 0 Å². The molecular weight excluding hydrogens is 372 g/mol. The molecule has 0 spiro atoms. The van der Waals surface area contributed by atoms with E-state index in [0.29, 0.717) is 5.39 Å². The molecule has 0 amide bonds. The highest BCUT2D eigenvalue weighted by atomic mass is 16.3. The maximum absolute atomic E-state index is 12.5. The summed E-state index contributed by atoms with van der Waals surface area (Å²) in [5.41, 5.74) is 3.46. The molecular formula is C27H16O3. The van der Waals surface area contributed by atoms with E-state index in [1.165, 1.54) is 0 Å². The minimum Gasteiger partial charge on any atom is -0.507 e. The zero-order valence-corrected chi connectivity index (χ0v) is 15.9. The average molecular weight is 388 g/mol. The van der Waals surface area contributed by atoms with Crippen molar-refractivity contribution in [2.75, 3.05) is 0 Å².